The van der Waals surface area contributed by atoms with Gasteiger partial charge in [0, 0.05) is 25.0 Å². The van der Waals surface area contributed by atoms with E-state index in [0.717, 1.165) is 5.56 Å². The second kappa shape index (κ2) is 7.27. The predicted molar refractivity (Wildman–Crippen MR) is 95.4 cm³/mol. The maximum absolute atomic E-state index is 12.9. The van der Waals surface area contributed by atoms with Crippen LogP contribution in [0.1, 0.15) is 10.4 Å². The van der Waals surface area contributed by atoms with Gasteiger partial charge in [-0.25, -0.2) is 0 Å². The zero-order chi connectivity index (χ0) is 17.8. The fourth-order valence-corrected chi connectivity index (χ4v) is 3.07. The summed E-state index contributed by atoms with van der Waals surface area (Å²) >= 11 is 1.31. The van der Waals surface area contributed by atoms with Crippen LogP contribution in [0.3, 0.4) is 0 Å². The van der Waals surface area contributed by atoms with Crippen LogP contribution in [0.4, 0.5) is 5.13 Å². The number of carbonyl (C=O) groups is 1. The molecule has 0 aliphatic heterocycles. The van der Waals surface area contributed by atoms with Crippen LogP contribution in [0.5, 0.6) is 11.5 Å². The van der Waals surface area contributed by atoms with Gasteiger partial charge in [0.05, 0.1) is 14.2 Å². The number of methoxy groups -OCH3 is 2. The number of amides is 1. The Morgan fingerprint density at radius 1 is 1.08 bits per heavy atom. The molecular formula is C17H16N4O3S. The Morgan fingerprint density at radius 3 is 2.40 bits per heavy atom. The molecule has 3 aromatic rings. The molecular weight excluding hydrogens is 340 g/mol. The van der Waals surface area contributed by atoms with E-state index in [0.29, 0.717) is 27.2 Å². The molecule has 0 radical (unpaired) electrons. The SMILES string of the molecule is COc1cccc(OC)c1C(=O)N(C)c1nnc(-c2cccnc2)s1. The van der Waals surface area contributed by atoms with Crippen molar-refractivity contribution in [3.8, 4) is 22.1 Å². The Labute approximate surface area is 148 Å². The van der Waals surface area contributed by atoms with Crippen LogP contribution in [-0.4, -0.2) is 42.4 Å². The molecule has 2 heterocycles. The predicted octanol–water partition coefficient (Wildman–Crippen LogP) is 2.89. The Hall–Kier alpha value is -3.00. The summed E-state index contributed by atoms with van der Waals surface area (Å²) in [4.78, 5) is 18.4. The molecule has 0 saturated carbocycles. The maximum atomic E-state index is 12.9. The monoisotopic (exact) mass is 356 g/mol. The minimum absolute atomic E-state index is 0.289. The number of hydrogen-bond donors (Lipinski definition) is 0. The van der Waals surface area contributed by atoms with Gasteiger partial charge in [-0.2, -0.15) is 0 Å². The van der Waals surface area contributed by atoms with Crippen LogP contribution in [0, 0.1) is 0 Å². The van der Waals surface area contributed by atoms with Crippen LogP contribution in [0.25, 0.3) is 10.6 Å². The third kappa shape index (κ3) is 3.29. The van der Waals surface area contributed by atoms with Crippen LogP contribution in [0.2, 0.25) is 0 Å². The molecule has 25 heavy (non-hydrogen) atoms. The number of pyridine rings is 1. The van der Waals surface area contributed by atoms with E-state index in [2.05, 4.69) is 15.2 Å². The molecule has 2 aromatic heterocycles. The Morgan fingerprint density at radius 2 is 1.80 bits per heavy atom. The van der Waals surface area contributed by atoms with E-state index in [1.54, 1.807) is 37.6 Å². The van der Waals surface area contributed by atoms with Gasteiger partial charge in [-0.15, -0.1) is 10.2 Å². The molecule has 0 bridgehead atoms. The van der Waals surface area contributed by atoms with E-state index in [9.17, 15) is 4.79 Å². The molecule has 1 amide bonds. The van der Waals surface area contributed by atoms with Crippen molar-refractivity contribution in [2.75, 3.05) is 26.2 Å². The molecule has 0 saturated heterocycles. The number of ether oxygens (including phenoxy) is 2. The summed E-state index contributed by atoms with van der Waals surface area (Å²) < 4.78 is 10.6. The molecule has 0 fully saturated rings. The lowest BCUT2D eigenvalue weighted by Crippen LogP contribution is -2.27. The molecule has 0 aliphatic carbocycles. The molecule has 128 valence electrons. The molecule has 1 aromatic carbocycles. The zero-order valence-electron chi connectivity index (χ0n) is 14.0. The number of carbonyl (C=O) groups excluding carboxylic acids is 1. The summed E-state index contributed by atoms with van der Waals surface area (Å²) in [6.45, 7) is 0. The van der Waals surface area contributed by atoms with Gasteiger partial charge >= 0.3 is 0 Å². The minimum atomic E-state index is -0.289. The highest BCUT2D eigenvalue weighted by Gasteiger charge is 2.24. The number of aromatic nitrogens is 3. The summed E-state index contributed by atoms with van der Waals surface area (Å²) in [7, 11) is 4.66. The molecule has 0 spiro atoms. The van der Waals surface area contributed by atoms with Crippen molar-refractivity contribution in [2.45, 2.75) is 0 Å². The van der Waals surface area contributed by atoms with Gasteiger partial charge in [-0.1, -0.05) is 17.4 Å². The summed E-state index contributed by atoms with van der Waals surface area (Å²) in [6, 6.07) is 8.91. The van der Waals surface area contributed by atoms with E-state index >= 15 is 0 Å². The topological polar surface area (TPSA) is 77.4 Å². The van der Waals surface area contributed by atoms with E-state index in [1.807, 2.05) is 12.1 Å². The van der Waals surface area contributed by atoms with Crippen molar-refractivity contribution in [3.63, 3.8) is 0 Å². The summed E-state index contributed by atoms with van der Waals surface area (Å²) in [5.74, 6) is 0.588. The van der Waals surface area contributed by atoms with E-state index < -0.39 is 0 Å². The summed E-state index contributed by atoms with van der Waals surface area (Å²) in [5.41, 5.74) is 1.19. The smallest absolute Gasteiger partial charge is 0.267 e. The van der Waals surface area contributed by atoms with Gasteiger partial charge in [0.1, 0.15) is 17.1 Å². The molecule has 3 rings (SSSR count). The minimum Gasteiger partial charge on any atom is -0.496 e. The molecule has 0 unspecified atom stereocenters. The third-order valence-electron chi connectivity index (χ3n) is 3.56. The maximum Gasteiger partial charge on any atom is 0.267 e. The van der Waals surface area contributed by atoms with Crippen molar-refractivity contribution in [1.29, 1.82) is 0 Å². The second-order valence-electron chi connectivity index (χ2n) is 5.03. The number of benzene rings is 1. The quantitative estimate of drug-likeness (QED) is 0.699. The molecule has 0 N–H and O–H groups in total. The second-order valence-corrected chi connectivity index (χ2v) is 5.99. The highest BCUT2D eigenvalue weighted by Crippen LogP contribution is 2.33. The molecule has 8 heteroatoms. The van der Waals surface area contributed by atoms with Gasteiger partial charge in [-0.3, -0.25) is 14.7 Å². The van der Waals surface area contributed by atoms with Crippen LogP contribution in [-0.2, 0) is 0 Å². The van der Waals surface area contributed by atoms with E-state index in [1.165, 1.54) is 30.5 Å². The normalized spacial score (nSPS) is 10.4. The molecule has 7 nitrogen and oxygen atoms in total. The van der Waals surface area contributed by atoms with Crippen LogP contribution in [0.15, 0.2) is 42.7 Å². The van der Waals surface area contributed by atoms with Crippen molar-refractivity contribution in [3.05, 3.63) is 48.3 Å². The van der Waals surface area contributed by atoms with Gasteiger partial charge in [0.2, 0.25) is 5.13 Å². The van der Waals surface area contributed by atoms with Gasteiger partial charge < -0.3 is 9.47 Å². The fraction of sp³-hybridized carbons (Fsp3) is 0.176. The molecule has 0 atom stereocenters. The summed E-state index contributed by atoms with van der Waals surface area (Å²) in [6.07, 6.45) is 3.39. The molecule has 0 aliphatic rings. The van der Waals surface area contributed by atoms with Gasteiger partial charge in [-0.05, 0) is 24.3 Å². The van der Waals surface area contributed by atoms with Crippen LogP contribution < -0.4 is 14.4 Å². The number of hydrogen-bond acceptors (Lipinski definition) is 7. The van der Waals surface area contributed by atoms with Gasteiger partial charge in [0.25, 0.3) is 5.91 Å². The Bertz CT molecular complexity index is 860. The Kier molecular flexibility index (Phi) is 4.90. The largest absolute Gasteiger partial charge is 0.496 e. The number of nitrogens with zero attached hydrogens (tertiary/aromatic N) is 4. The first-order valence-corrected chi connectivity index (χ1v) is 8.20. The van der Waals surface area contributed by atoms with Crippen molar-refractivity contribution < 1.29 is 14.3 Å². The lowest BCUT2D eigenvalue weighted by atomic mass is 10.1. The first kappa shape index (κ1) is 16.8. The number of rotatable bonds is 5. The van der Waals surface area contributed by atoms with E-state index in [-0.39, 0.29) is 5.91 Å². The van der Waals surface area contributed by atoms with Crippen LogP contribution >= 0.6 is 11.3 Å². The van der Waals surface area contributed by atoms with E-state index in [4.69, 9.17) is 9.47 Å². The Balaban J connectivity index is 1.93. The highest BCUT2D eigenvalue weighted by molar-refractivity contribution is 7.18. The van der Waals surface area contributed by atoms with Crippen molar-refractivity contribution in [1.82, 2.24) is 15.2 Å². The standard InChI is InChI=1S/C17H16N4O3S/c1-21(16(22)14-12(23-2)7-4-8-13(14)24-3)17-20-19-15(25-17)11-6-5-9-18-10-11/h4-10H,1-3H3. The average molecular weight is 356 g/mol. The first-order chi connectivity index (χ1) is 12.2. The lowest BCUT2D eigenvalue weighted by molar-refractivity contribution is 0.0987. The third-order valence-corrected chi connectivity index (χ3v) is 4.60. The average Bonchev–Trinajstić information content (AvgIpc) is 3.17. The van der Waals surface area contributed by atoms with Crippen molar-refractivity contribution >= 4 is 22.4 Å². The zero-order valence-corrected chi connectivity index (χ0v) is 14.8. The highest BCUT2D eigenvalue weighted by atomic mass is 32.1. The van der Waals surface area contributed by atoms with Crippen molar-refractivity contribution in [2.24, 2.45) is 0 Å². The summed E-state index contributed by atoms with van der Waals surface area (Å²) in [5, 5.41) is 9.41. The lowest BCUT2D eigenvalue weighted by Gasteiger charge is -2.17. The van der Waals surface area contributed by atoms with Gasteiger partial charge in [0.15, 0.2) is 5.01 Å². The fourth-order valence-electron chi connectivity index (χ4n) is 2.27. The number of anilines is 1. The first-order valence-electron chi connectivity index (χ1n) is 7.38.